The van der Waals surface area contributed by atoms with Crippen LogP contribution in [0.2, 0.25) is 0 Å². The molecular formula is C18H14BrNO4S. The zero-order chi connectivity index (χ0) is 18.0. The molecule has 3 rings (SSSR count). The highest BCUT2D eigenvalue weighted by molar-refractivity contribution is 9.10. The summed E-state index contributed by atoms with van der Waals surface area (Å²) in [5.74, 6) is -0.600. The van der Waals surface area contributed by atoms with Crippen molar-refractivity contribution in [2.45, 2.75) is 4.90 Å². The number of nitrogens with zero attached hydrogens (tertiary/aromatic N) is 1. The van der Waals surface area contributed by atoms with Gasteiger partial charge in [0.1, 0.15) is 0 Å². The van der Waals surface area contributed by atoms with Crippen molar-refractivity contribution in [3.8, 4) is 11.1 Å². The van der Waals surface area contributed by atoms with Crippen LogP contribution in [0.25, 0.3) is 11.1 Å². The number of halogens is 1. The van der Waals surface area contributed by atoms with Gasteiger partial charge in [0.05, 0.1) is 17.6 Å². The van der Waals surface area contributed by atoms with E-state index in [1.165, 1.54) is 31.6 Å². The largest absolute Gasteiger partial charge is 0.465 e. The Morgan fingerprint density at radius 1 is 1.04 bits per heavy atom. The lowest BCUT2D eigenvalue weighted by atomic mass is 10.1. The van der Waals surface area contributed by atoms with E-state index in [4.69, 9.17) is 4.74 Å². The van der Waals surface area contributed by atoms with Gasteiger partial charge in [-0.25, -0.2) is 17.2 Å². The van der Waals surface area contributed by atoms with Crippen LogP contribution in [0.5, 0.6) is 0 Å². The minimum atomic E-state index is -3.80. The second-order valence-electron chi connectivity index (χ2n) is 5.24. The summed E-state index contributed by atoms with van der Waals surface area (Å²) in [6.07, 6.45) is 2.71. The van der Waals surface area contributed by atoms with Gasteiger partial charge in [-0.3, -0.25) is 0 Å². The fourth-order valence-electron chi connectivity index (χ4n) is 2.44. The molecule has 0 saturated carbocycles. The van der Waals surface area contributed by atoms with E-state index in [-0.39, 0.29) is 10.5 Å². The molecule has 0 aliphatic heterocycles. The number of rotatable bonds is 4. The summed E-state index contributed by atoms with van der Waals surface area (Å²) in [6, 6.07) is 15.3. The molecule has 2 aromatic carbocycles. The van der Waals surface area contributed by atoms with Crippen molar-refractivity contribution in [1.29, 1.82) is 0 Å². The van der Waals surface area contributed by atoms with Crippen LogP contribution in [0.3, 0.4) is 0 Å². The topological polar surface area (TPSA) is 65.4 Å². The van der Waals surface area contributed by atoms with E-state index in [0.29, 0.717) is 11.1 Å². The second kappa shape index (κ2) is 6.85. The standard InChI is InChI=1S/C18H14BrNO4S/c1-24-18(21)17-12-20(25(22,23)15-8-3-2-4-9-15)11-16(17)13-6-5-7-14(19)10-13/h2-12H,1H3. The Bertz CT molecular complexity index is 1030. The molecule has 0 bridgehead atoms. The first kappa shape index (κ1) is 17.4. The first-order valence-electron chi connectivity index (χ1n) is 7.30. The van der Waals surface area contributed by atoms with Crippen molar-refractivity contribution in [3.05, 3.63) is 77.0 Å². The lowest BCUT2D eigenvalue weighted by Crippen LogP contribution is -2.11. The van der Waals surface area contributed by atoms with Crippen molar-refractivity contribution < 1.29 is 17.9 Å². The maximum Gasteiger partial charge on any atom is 0.340 e. The Balaban J connectivity index is 2.19. The van der Waals surface area contributed by atoms with Gasteiger partial charge in [0.2, 0.25) is 0 Å². The van der Waals surface area contributed by atoms with Crippen LogP contribution in [-0.4, -0.2) is 25.5 Å². The summed E-state index contributed by atoms with van der Waals surface area (Å²) in [6.45, 7) is 0. The molecule has 5 nitrogen and oxygen atoms in total. The highest BCUT2D eigenvalue weighted by atomic mass is 79.9. The summed E-state index contributed by atoms with van der Waals surface area (Å²) in [4.78, 5) is 12.3. The number of methoxy groups -OCH3 is 1. The number of benzene rings is 2. The highest BCUT2D eigenvalue weighted by Gasteiger charge is 2.23. The van der Waals surface area contributed by atoms with E-state index in [2.05, 4.69) is 15.9 Å². The number of aromatic nitrogens is 1. The zero-order valence-electron chi connectivity index (χ0n) is 13.2. The van der Waals surface area contributed by atoms with Gasteiger partial charge in [0.15, 0.2) is 0 Å². The smallest absolute Gasteiger partial charge is 0.340 e. The first-order valence-corrected chi connectivity index (χ1v) is 9.53. The SMILES string of the molecule is COC(=O)c1cn(S(=O)(=O)c2ccccc2)cc1-c1cccc(Br)c1. The van der Waals surface area contributed by atoms with Crippen LogP contribution in [0.15, 0.2) is 76.4 Å². The summed E-state index contributed by atoms with van der Waals surface area (Å²) < 4.78 is 32.3. The third-order valence-electron chi connectivity index (χ3n) is 3.66. The summed E-state index contributed by atoms with van der Waals surface area (Å²) in [7, 11) is -2.54. The Labute approximate surface area is 154 Å². The molecule has 0 unspecified atom stereocenters. The monoisotopic (exact) mass is 419 g/mol. The lowest BCUT2D eigenvalue weighted by molar-refractivity contribution is 0.0602. The van der Waals surface area contributed by atoms with Gasteiger partial charge in [-0.15, -0.1) is 0 Å². The minimum Gasteiger partial charge on any atom is -0.465 e. The molecule has 25 heavy (non-hydrogen) atoms. The number of hydrogen-bond acceptors (Lipinski definition) is 4. The number of carbonyl (C=O) groups excluding carboxylic acids is 1. The Morgan fingerprint density at radius 3 is 2.40 bits per heavy atom. The number of ether oxygens (including phenoxy) is 1. The maximum atomic E-state index is 12.8. The molecule has 0 aliphatic carbocycles. The Kier molecular flexibility index (Phi) is 4.78. The second-order valence-corrected chi connectivity index (χ2v) is 7.99. The van der Waals surface area contributed by atoms with Gasteiger partial charge >= 0.3 is 5.97 Å². The van der Waals surface area contributed by atoms with Crippen LogP contribution in [-0.2, 0) is 14.8 Å². The van der Waals surface area contributed by atoms with Crippen molar-refractivity contribution in [2.75, 3.05) is 7.11 Å². The molecule has 0 spiro atoms. The molecular weight excluding hydrogens is 406 g/mol. The zero-order valence-corrected chi connectivity index (χ0v) is 15.6. The molecule has 3 aromatic rings. The van der Waals surface area contributed by atoms with Gasteiger partial charge in [-0.1, -0.05) is 46.3 Å². The van der Waals surface area contributed by atoms with Crippen LogP contribution in [0.1, 0.15) is 10.4 Å². The van der Waals surface area contributed by atoms with Crippen LogP contribution < -0.4 is 0 Å². The summed E-state index contributed by atoms with van der Waals surface area (Å²) in [5.41, 5.74) is 1.37. The Hall–Kier alpha value is -2.38. The van der Waals surface area contributed by atoms with Gasteiger partial charge in [0.25, 0.3) is 10.0 Å². The maximum absolute atomic E-state index is 12.8. The third kappa shape index (κ3) is 3.38. The van der Waals surface area contributed by atoms with Crippen LogP contribution in [0.4, 0.5) is 0 Å². The molecule has 1 aromatic heterocycles. The van der Waals surface area contributed by atoms with Crippen molar-refractivity contribution in [3.63, 3.8) is 0 Å². The van der Waals surface area contributed by atoms with E-state index >= 15 is 0 Å². The van der Waals surface area contributed by atoms with E-state index in [9.17, 15) is 13.2 Å². The fraction of sp³-hybridized carbons (Fsp3) is 0.0556. The molecule has 0 radical (unpaired) electrons. The van der Waals surface area contributed by atoms with E-state index in [0.717, 1.165) is 8.45 Å². The quantitative estimate of drug-likeness (QED) is 0.600. The number of esters is 1. The van der Waals surface area contributed by atoms with Crippen molar-refractivity contribution >= 4 is 31.9 Å². The van der Waals surface area contributed by atoms with Crippen LogP contribution >= 0.6 is 15.9 Å². The molecule has 0 atom stereocenters. The van der Waals surface area contributed by atoms with E-state index in [1.807, 2.05) is 12.1 Å². The summed E-state index contributed by atoms with van der Waals surface area (Å²) >= 11 is 3.38. The Morgan fingerprint density at radius 2 is 1.76 bits per heavy atom. The molecule has 0 N–H and O–H groups in total. The van der Waals surface area contributed by atoms with E-state index < -0.39 is 16.0 Å². The molecule has 0 fully saturated rings. The predicted octanol–water partition coefficient (Wildman–Crippen LogP) is 3.94. The van der Waals surface area contributed by atoms with Crippen molar-refractivity contribution in [2.24, 2.45) is 0 Å². The molecule has 0 saturated heterocycles. The van der Waals surface area contributed by atoms with Crippen molar-refractivity contribution in [1.82, 2.24) is 3.97 Å². The van der Waals surface area contributed by atoms with Crippen LogP contribution in [0, 0.1) is 0 Å². The third-order valence-corrected chi connectivity index (χ3v) is 5.79. The van der Waals surface area contributed by atoms with Gasteiger partial charge in [0, 0.05) is 22.4 Å². The number of carbonyl (C=O) groups is 1. The highest BCUT2D eigenvalue weighted by Crippen LogP contribution is 2.29. The van der Waals surface area contributed by atoms with Gasteiger partial charge < -0.3 is 4.74 Å². The molecule has 7 heteroatoms. The summed E-state index contributed by atoms with van der Waals surface area (Å²) in [5, 5.41) is 0. The van der Waals surface area contributed by atoms with Gasteiger partial charge in [-0.05, 0) is 29.8 Å². The molecule has 128 valence electrons. The fourth-order valence-corrected chi connectivity index (χ4v) is 4.07. The molecule has 1 heterocycles. The average molecular weight is 420 g/mol. The first-order chi connectivity index (χ1) is 11.9. The minimum absolute atomic E-state index is 0.141. The van der Waals surface area contributed by atoms with Gasteiger partial charge in [-0.2, -0.15) is 0 Å². The average Bonchev–Trinajstić information content (AvgIpc) is 3.08. The lowest BCUT2D eigenvalue weighted by Gasteiger charge is -2.05. The predicted molar refractivity (Wildman–Crippen MR) is 97.9 cm³/mol. The molecule has 0 amide bonds. The van der Waals surface area contributed by atoms with E-state index in [1.54, 1.807) is 30.3 Å². The molecule has 0 aliphatic rings. The normalized spacial score (nSPS) is 11.3. The number of hydrogen-bond donors (Lipinski definition) is 0.